The summed E-state index contributed by atoms with van der Waals surface area (Å²) < 4.78 is 17.0. The van der Waals surface area contributed by atoms with Crippen LogP contribution in [0, 0.1) is 0 Å². The zero-order valence-corrected chi connectivity index (χ0v) is 14.8. The average Bonchev–Trinajstić information content (AvgIpc) is 2.73. The van der Waals surface area contributed by atoms with E-state index in [9.17, 15) is 0 Å². The summed E-state index contributed by atoms with van der Waals surface area (Å²) in [6.07, 6.45) is 2.17. The molecule has 0 aliphatic carbocycles. The van der Waals surface area contributed by atoms with E-state index < -0.39 is 0 Å². The van der Waals surface area contributed by atoms with Crippen LogP contribution in [-0.2, 0) is 0 Å². The highest BCUT2D eigenvalue weighted by Crippen LogP contribution is 2.41. The Morgan fingerprint density at radius 2 is 1.50 bits per heavy atom. The molecule has 3 heteroatoms. The summed E-state index contributed by atoms with van der Waals surface area (Å²) in [5, 5.41) is 0. The molecule has 0 unspecified atom stereocenters. The van der Waals surface area contributed by atoms with Crippen molar-refractivity contribution in [1.29, 1.82) is 0 Å². The monoisotopic (exact) mass is 344 g/mol. The zero-order chi connectivity index (χ0) is 17.9. The fraction of sp³-hybridized carbons (Fsp3) is 0.130. The van der Waals surface area contributed by atoms with E-state index >= 15 is 0 Å². The minimum atomic E-state index is 0.143. The maximum atomic E-state index is 6.21. The number of allylic oxidation sites excluding steroid dienone is 1. The number of hydrogen-bond acceptors (Lipinski definition) is 3. The van der Waals surface area contributed by atoms with Crippen molar-refractivity contribution in [2.75, 3.05) is 14.2 Å². The van der Waals surface area contributed by atoms with E-state index in [0.29, 0.717) is 11.5 Å². The van der Waals surface area contributed by atoms with Gasteiger partial charge in [0.25, 0.3) is 0 Å². The molecule has 3 aromatic rings. The van der Waals surface area contributed by atoms with Crippen molar-refractivity contribution < 1.29 is 14.2 Å². The number of fused-ring (bicyclic) bond motifs is 1. The topological polar surface area (TPSA) is 27.7 Å². The highest BCUT2D eigenvalue weighted by Gasteiger charge is 2.24. The molecule has 1 heterocycles. The lowest BCUT2D eigenvalue weighted by Crippen LogP contribution is -2.10. The molecular weight excluding hydrogens is 324 g/mol. The summed E-state index contributed by atoms with van der Waals surface area (Å²) in [6.45, 7) is 0. The smallest absolute Gasteiger partial charge is 0.161 e. The Balaban J connectivity index is 1.81. The molecule has 26 heavy (non-hydrogen) atoms. The van der Waals surface area contributed by atoms with E-state index in [2.05, 4.69) is 36.4 Å². The van der Waals surface area contributed by atoms with Gasteiger partial charge >= 0.3 is 0 Å². The maximum absolute atomic E-state index is 6.21. The molecule has 0 radical (unpaired) electrons. The van der Waals surface area contributed by atoms with Crippen LogP contribution in [0.4, 0.5) is 0 Å². The van der Waals surface area contributed by atoms with Gasteiger partial charge in [-0.3, -0.25) is 0 Å². The molecule has 1 aliphatic rings. The van der Waals surface area contributed by atoms with Gasteiger partial charge in [0.05, 0.1) is 14.2 Å². The van der Waals surface area contributed by atoms with Crippen LogP contribution in [0.2, 0.25) is 0 Å². The second-order valence-electron chi connectivity index (χ2n) is 6.13. The van der Waals surface area contributed by atoms with Gasteiger partial charge in [0.15, 0.2) is 11.5 Å². The lowest BCUT2D eigenvalue weighted by molar-refractivity contribution is 0.354. The molecule has 0 bridgehead atoms. The highest BCUT2D eigenvalue weighted by molar-refractivity contribution is 5.70. The van der Waals surface area contributed by atoms with E-state index in [1.807, 2.05) is 42.5 Å². The molecule has 1 atom stereocenters. The molecular formula is C23H20O3. The summed E-state index contributed by atoms with van der Waals surface area (Å²) in [5.41, 5.74) is 3.36. The maximum Gasteiger partial charge on any atom is 0.161 e. The highest BCUT2D eigenvalue weighted by atomic mass is 16.5. The van der Waals surface area contributed by atoms with Crippen molar-refractivity contribution in [3.05, 3.63) is 95.6 Å². The third kappa shape index (κ3) is 2.93. The quantitative estimate of drug-likeness (QED) is 0.645. The number of para-hydroxylation sites is 1. The van der Waals surface area contributed by atoms with E-state index in [1.54, 1.807) is 14.2 Å². The van der Waals surface area contributed by atoms with Crippen LogP contribution in [0.25, 0.3) is 5.76 Å². The van der Waals surface area contributed by atoms with Crippen molar-refractivity contribution in [2.45, 2.75) is 5.92 Å². The van der Waals surface area contributed by atoms with Crippen LogP contribution in [-0.4, -0.2) is 14.2 Å². The van der Waals surface area contributed by atoms with E-state index in [4.69, 9.17) is 14.2 Å². The summed E-state index contributed by atoms with van der Waals surface area (Å²) in [5.74, 6) is 3.23. The van der Waals surface area contributed by atoms with Crippen molar-refractivity contribution in [3.8, 4) is 17.2 Å². The van der Waals surface area contributed by atoms with E-state index in [-0.39, 0.29) is 5.92 Å². The molecule has 0 spiro atoms. The van der Waals surface area contributed by atoms with Crippen LogP contribution < -0.4 is 14.2 Å². The van der Waals surface area contributed by atoms with Gasteiger partial charge in [-0.1, -0.05) is 48.5 Å². The molecule has 0 amide bonds. The summed E-state index contributed by atoms with van der Waals surface area (Å²) >= 11 is 0. The van der Waals surface area contributed by atoms with Crippen molar-refractivity contribution >= 4 is 5.76 Å². The minimum absolute atomic E-state index is 0.143. The van der Waals surface area contributed by atoms with Crippen molar-refractivity contribution in [3.63, 3.8) is 0 Å². The van der Waals surface area contributed by atoms with Crippen LogP contribution in [0.3, 0.4) is 0 Å². The SMILES string of the molecule is COc1ccc(C2=C[C@@H](c3ccccc3)c3ccccc3O2)cc1OC. The van der Waals surface area contributed by atoms with Gasteiger partial charge in [0, 0.05) is 17.0 Å². The van der Waals surface area contributed by atoms with Crippen LogP contribution in [0.1, 0.15) is 22.6 Å². The van der Waals surface area contributed by atoms with Gasteiger partial charge in [-0.05, 0) is 35.9 Å². The molecule has 4 rings (SSSR count). The second-order valence-corrected chi connectivity index (χ2v) is 6.13. The largest absolute Gasteiger partial charge is 0.493 e. The average molecular weight is 344 g/mol. The summed E-state index contributed by atoms with van der Waals surface area (Å²) in [4.78, 5) is 0. The fourth-order valence-corrected chi connectivity index (χ4v) is 3.30. The standard InChI is InChI=1S/C23H20O3/c1-24-21-13-12-17(14-23(21)25-2)22-15-19(16-8-4-3-5-9-16)18-10-6-7-11-20(18)26-22/h3-15,19H,1-2H3/t19-/m0/s1. The minimum Gasteiger partial charge on any atom is -0.493 e. The Labute approximate surface area is 153 Å². The Kier molecular flexibility index (Phi) is 4.36. The van der Waals surface area contributed by atoms with E-state index in [1.165, 1.54) is 11.1 Å². The molecule has 0 saturated carbocycles. The van der Waals surface area contributed by atoms with Gasteiger partial charge in [-0.15, -0.1) is 0 Å². The summed E-state index contributed by atoms with van der Waals surface area (Å²) in [6, 6.07) is 24.5. The van der Waals surface area contributed by atoms with Gasteiger partial charge in [-0.2, -0.15) is 0 Å². The third-order valence-corrected chi connectivity index (χ3v) is 4.62. The molecule has 0 saturated heterocycles. The Bertz CT molecular complexity index is 945. The van der Waals surface area contributed by atoms with E-state index in [0.717, 1.165) is 17.1 Å². The summed E-state index contributed by atoms with van der Waals surface area (Å²) in [7, 11) is 3.27. The van der Waals surface area contributed by atoms with Gasteiger partial charge in [0.2, 0.25) is 0 Å². The second kappa shape index (κ2) is 6.96. The van der Waals surface area contributed by atoms with Crippen molar-refractivity contribution in [2.24, 2.45) is 0 Å². The number of methoxy groups -OCH3 is 2. The Hall–Kier alpha value is -3.20. The molecule has 3 nitrogen and oxygen atoms in total. The lowest BCUT2D eigenvalue weighted by Gasteiger charge is -2.25. The van der Waals surface area contributed by atoms with Crippen LogP contribution in [0.5, 0.6) is 17.2 Å². The first-order valence-electron chi connectivity index (χ1n) is 8.56. The van der Waals surface area contributed by atoms with Gasteiger partial charge in [-0.25, -0.2) is 0 Å². The Morgan fingerprint density at radius 1 is 0.769 bits per heavy atom. The molecule has 0 fully saturated rings. The molecule has 130 valence electrons. The normalized spacial score (nSPS) is 15.5. The predicted octanol–water partition coefficient (Wildman–Crippen LogP) is 5.27. The Morgan fingerprint density at radius 3 is 2.27 bits per heavy atom. The first-order chi connectivity index (χ1) is 12.8. The molecule has 3 aromatic carbocycles. The van der Waals surface area contributed by atoms with Gasteiger partial charge < -0.3 is 14.2 Å². The van der Waals surface area contributed by atoms with Crippen LogP contribution in [0.15, 0.2) is 78.9 Å². The molecule has 0 aromatic heterocycles. The number of rotatable bonds is 4. The fourth-order valence-electron chi connectivity index (χ4n) is 3.30. The van der Waals surface area contributed by atoms with Gasteiger partial charge in [0.1, 0.15) is 11.5 Å². The first kappa shape index (κ1) is 16.3. The lowest BCUT2D eigenvalue weighted by atomic mass is 9.88. The number of benzene rings is 3. The molecule has 1 aliphatic heterocycles. The number of hydrogen-bond donors (Lipinski definition) is 0. The molecule has 0 N–H and O–H groups in total. The van der Waals surface area contributed by atoms with Crippen LogP contribution >= 0.6 is 0 Å². The first-order valence-corrected chi connectivity index (χ1v) is 8.56. The zero-order valence-electron chi connectivity index (χ0n) is 14.8. The predicted molar refractivity (Wildman–Crippen MR) is 103 cm³/mol. The third-order valence-electron chi connectivity index (χ3n) is 4.62. The van der Waals surface area contributed by atoms with Crippen molar-refractivity contribution in [1.82, 2.24) is 0 Å². The number of ether oxygens (including phenoxy) is 3.